The van der Waals surface area contributed by atoms with Crippen molar-refractivity contribution in [1.29, 1.82) is 0 Å². The Morgan fingerprint density at radius 1 is 1.12 bits per heavy atom. The van der Waals surface area contributed by atoms with Gasteiger partial charge in [0.2, 0.25) is 15.9 Å². The van der Waals surface area contributed by atoms with Crippen molar-refractivity contribution in [3.63, 3.8) is 0 Å². The van der Waals surface area contributed by atoms with Crippen LogP contribution in [0.2, 0.25) is 0 Å². The summed E-state index contributed by atoms with van der Waals surface area (Å²) in [6, 6.07) is 6.45. The van der Waals surface area contributed by atoms with Gasteiger partial charge >= 0.3 is 0 Å². The van der Waals surface area contributed by atoms with E-state index in [0.717, 1.165) is 12.8 Å². The minimum Gasteiger partial charge on any atom is -0.326 e. The van der Waals surface area contributed by atoms with E-state index in [2.05, 4.69) is 17.5 Å². The highest BCUT2D eigenvalue weighted by Gasteiger charge is 2.39. The van der Waals surface area contributed by atoms with Gasteiger partial charge in [-0.05, 0) is 48.9 Å². The molecule has 5 nitrogen and oxygen atoms in total. The van der Waals surface area contributed by atoms with Gasteiger partial charge in [0.25, 0.3) is 0 Å². The number of sulfonamides is 1. The highest BCUT2D eigenvalue weighted by atomic mass is 32.2. The molecule has 2 aliphatic carbocycles. The first-order valence-electron chi connectivity index (χ1n) is 8.55. The van der Waals surface area contributed by atoms with E-state index in [1.165, 1.54) is 4.31 Å². The van der Waals surface area contributed by atoms with Crippen LogP contribution in [0.4, 0.5) is 5.69 Å². The molecule has 6 heteroatoms. The van der Waals surface area contributed by atoms with Gasteiger partial charge in [0.15, 0.2) is 0 Å². The number of allylic oxidation sites excluding steroid dienone is 2. The summed E-state index contributed by atoms with van der Waals surface area (Å²) in [5, 5.41) is 2.92. The standard InChI is InChI=1S/C18H24N2O3S/c1-3-20(4-2)24(22,23)16-9-7-15(8-10-16)19-18(21)17-12-13-5-6-14(17)11-13/h5-10,13-14,17H,3-4,11-12H2,1-2H3,(H,19,21)/t13-,14+,17+/m1/s1. The molecule has 1 aromatic rings. The molecule has 0 aliphatic heterocycles. The lowest BCUT2D eigenvalue weighted by Gasteiger charge is -2.19. The van der Waals surface area contributed by atoms with Crippen LogP contribution in [0.3, 0.4) is 0 Å². The normalized spacial score (nSPS) is 25.4. The molecule has 1 saturated carbocycles. The van der Waals surface area contributed by atoms with E-state index in [1.54, 1.807) is 24.3 Å². The third-order valence-electron chi connectivity index (χ3n) is 5.08. The summed E-state index contributed by atoms with van der Waals surface area (Å²) in [5.74, 6) is 0.981. The van der Waals surface area contributed by atoms with Crippen molar-refractivity contribution in [2.75, 3.05) is 18.4 Å². The number of hydrogen-bond acceptors (Lipinski definition) is 3. The zero-order valence-electron chi connectivity index (χ0n) is 14.1. The van der Waals surface area contributed by atoms with E-state index in [0.29, 0.717) is 30.6 Å². The summed E-state index contributed by atoms with van der Waals surface area (Å²) in [7, 11) is -3.46. The van der Waals surface area contributed by atoms with Gasteiger partial charge in [-0.25, -0.2) is 8.42 Å². The third kappa shape index (κ3) is 3.13. The molecule has 1 N–H and O–H groups in total. The molecule has 3 atom stereocenters. The summed E-state index contributed by atoms with van der Waals surface area (Å²) in [6.07, 6.45) is 6.36. The van der Waals surface area contributed by atoms with Crippen LogP contribution in [-0.2, 0) is 14.8 Å². The molecule has 0 spiro atoms. The van der Waals surface area contributed by atoms with Gasteiger partial charge < -0.3 is 5.32 Å². The second-order valence-corrected chi connectivity index (χ2v) is 8.43. The van der Waals surface area contributed by atoms with Crippen LogP contribution >= 0.6 is 0 Å². The van der Waals surface area contributed by atoms with Crippen molar-refractivity contribution in [2.24, 2.45) is 17.8 Å². The Morgan fingerprint density at radius 2 is 1.79 bits per heavy atom. The number of anilines is 1. The predicted molar refractivity (Wildman–Crippen MR) is 94.0 cm³/mol. The fourth-order valence-electron chi connectivity index (χ4n) is 3.74. The topological polar surface area (TPSA) is 66.5 Å². The summed E-state index contributed by atoms with van der Waals surface area (Å²) < 4.78 is 26.3. The number of nitrogens with zero attached hydrogens (tertiary/aromatic N) is 1. The van der Waals surface area contributed by atoms with E-state index >= 15 is 0 Å². The first-order chi connectivity index (χ1) is 11.5. The Labute approximate surface area is 143 Å². The second-order valence-electron chi connectivity index (χ2n) is 6.49. The number of hydrogen-bond donors (Lipinski definition) is 1. The Bertz CT molecular complexity index is 736. The minimum absolute atomic E-state index is 0.0335. The maximum atomic E-state index is 12.5. The highest BCUT2D eigenvalue weighted by Crippen LogP contribution is 2.43. The molecule has 2 bridgehead atoms. The van der Waals surface area contributed by atoms with Gasteiger partial charge in [0, 0.05) is 24.7 Å². The van der Waals surface area contributed by atoms with Crippen molar-refractivity contribution in [2.45, 2.75) is 31.6 Å². The Kier molecular flexibility index (Phi) is 4.78. The largest absolute Gasteiger partial charge is 0.326 e. The summed E-state index contributed by atoms with van der Waals surface area (Å²) >= 11 is 0. The Morgan fingerprint density at radius 3 is 2.29 bits per heavy atom. The summed E-state index contributed by atoms with van der Waals surface area (Å²) in [4.78, 5) is 12.7. The van der Waals surface area contributed by atoms with Crippen LogP contribution in [0.1, 0.15) is 26.7 Å². The van der Waals surface area contributed by atoms with Gasteiger partial charge in [-0.1, -0.05) is 26.0 Å². The maximum Gasteiger partial charge on any atom is 0.243 e. The molecule has 2 aliphatic rings. The molecule has 24 heavy (non-hydrogen) atoms. The van der Waals surface area contributed by atoms with Crippen LogP contribution in [-0.4, -0.2) is 31.7 Å². The SMILES string of the molecule is CCN(CC)S(=O)(=O)c1ccc(NC(=O)[C@H]2C[C@@H]3C=C[C@H]2C3)cc1. The van der Waals surface area contributed by atoms with Crippen LogP contribution in [0.15, 0.2) is 41.3 Å². The van der Waals surface area contributed by atoms with Crippen molar-refractivity contribution in [1.82, 2.24) is 4.31 Å². The highest BCUT2D eigenvalue weighted by molar-refractivity contribution is 7.89. The number of carbonyl (C=O) groups excluding carboxylic acids is 1. The number of amides is 1. The first-order valence-corrected chi connectivity index (χ1v) is 9.99. The third-order valence-corrected chi connectivity index (χ3v) is 7.14. The smallest absolute Gasteiger partial charge is 0.243 e. The summed E-state index contributed by atoms with van der Waals surface area (Å²) in [6.45, 7) is 4.52. The quantitative estimate of drug-likeness (QED) is 0.804. The van der Waals surface area contributed by atoms with Crippen LogP contribution in [0.5, 0.6) is 0 Å². The lowest BCUT2D eigenvalue weighted by molar-refractivity contribution is -0.120. The minimum atomic E-state index is -3.46. The molecule has 3 rings (SSSR count). The first kappa shape index (κ1) is 17.2. The van der Waals surface area contributed by atoms with Gasteiger partial charge in [-0.2, -0.15) is 4.31 Å². The molecular weight excluding hydrogens is 324 g/mol. The zero-order chi connectivity index (χ0) is 17.3. The van der Waals surface area contributed by atoms with E-state index in [9.17, 15) is 13.2 Å². The Hall–Kier alpha value is -1.66. The lowest BCUT2D eigenvalue weighted by Crippen LogP contribution is -2.30. The molecule has 0 unspecified atom stereocenters. The number of benzene rings is 1. The average molecular weight is 348 g/mol. The molecule has 1 amide bonds. The molecule has 0 aromatic heterocycles. The van der Waals surface area contributed by atoms with Crippen LogP contribution in [0, 0.1) is 17.8 Å². The number of carbonyl (C=O) groups is 1. The van der Waals surface area contributed by atoms with Crippen LogP contribution < -0.4 is 5.32 Å². The number of fused-ring (bicyclic) bond motifs is 2. The molecule has 130 valence electrons. The van der Waals surface area contributed by atoms with Gasteiger partial charge in [-0.15, -0.1) is 0 Å². The second kappa shape index (κ2) is 6.69. The monoisotopic (exact) mass is 348 g/mol. The van der Waals surface area contributed by atoms with Crippen molar-refractivity contribution < 1.29 is 13.2 Å². The fraction of sp³-hybridized carbons (Fsp3) is 0.500. The molecule has 1 fully saturated rings. The summed E-state index contributed by atoms with van der Waals surface area (Å²) in [5.41, 5.74) is 0.644. The van der Waals surface area contributed by atoms with E-state index in [-0.39, 0.29) is 16.7 Å². The van der Waals surface area contributed by atoms with Gasteiger partial charge in [0.05, 0.1) is 4.90 Å². The van der Waals surface area contributed by atoms with Crippen molar-refractivity contribution in [3.05, 3.63) is 36.4 Å². The van der Waals surface area contributed by atoms with E-state index in [4.69, 9.17) is 0 Å². The predicted octanol–water partition coefficient (Wildman–Crippen LogP) is 2.87. The maximum absolute atomic E-state index is 12.5. The van der Waals surface area contributed by atoms with Crippen molar-refractivity contribution in [3.8, 4) is 0 Å². The number of rotatable bonds is 6. The van der Waals surface area contributed by atoms with Crippen molar-refractivity contribution >= 4 is 21.6 Å². The Balaban J connectivity index is 1.69. The van der Waals surface area contributed by atoms with E-state index in [1.807, 2.05) is 13.8 Å². The number of nitrogens with one attached hydrogen (secondary N) is 1. The zero-order valence-corrected chi connectivity index (χ0v) is 14.9. The van der Waals surface area contributed by atoms with Gasteiger partial charge in [-0.3, -0.25) is 4.79 Å². The molecule has 0 heterocycles. The molecular formula is C18H24N2O3S. The van der Waals surface area contributed by atoms with Gasteiger partial charge in [0.1, 0.15) is 0 Å². The average Bonchev–Trinajstić information content (AvgIpc) is 3.19. The molecule has 0 radical (unpaired) electrons. The molecule has 1 aromatic carbocycles. The van der Waals surface area contributed by atoms with E-state index < -0.39 is 10.0 Å². The lowest BCUT2D eigenvalue weighted by atomic mass is 9.93. The van der Waals surface area contributed by atoms with Crippen LogP contribution in [0.25, 0.3) is 0 Å². The molecule has 0 saturated heterocycles. The fourth-order valence-corrected chi connectivity index (χ4v) is 5.20.